The van der Waals surface area contributed by atoms with E-state index in [1.807, 2.05) is 6.07 Å². The van der Waals surface area contributed by atoms with Crippen molar-refractivity contribution in [2.75, 3.05) is 18.0 Å². The van der Waals surface area contributed by atoms with Gasteiger partial charge in [0.05, 0.1) is 11.0 Å². The fourth-order valence-electron chi connectivity index (χ4n) is 5.01. The van der Waals surface area contributed by atoms with Crippen LogP contribution in [0.2, 0.25) is 0 Å². The van der Waals surface area contributed by atoms with Gasteiger partial charge in [-0.05, 0) is 73.9 Å². The molecular formula is C22H25N5. The summed E-state index contributed by atoms with van der Waals surface area (Å²) < 4.78 is 2.32. The van der Waals surface area contributed by atoms with E-state index in [1.165, 1.54) is 29.6 Å². The molecule has 0 spiro atoms. The van der Waals surface area contributed by atoms with E-state index in [0.29, 0.717) is 5.92 Å². The highest BCUT2D eigenvalue weighted by atomic mass is 15.2. The number of nitrogens with zero attached hydrogens (tertiary/aromatic N) is 3. The molecule has 27 heavy (non-hydrogen) atoms. The number of hydrogen-bond acceptors (Lipinski definition) is 4. The van der Waals surface area contributed by atoms with Crippen LogP contribution in [0.25, 0.3) is 16.7 Å². The summed E-state index contributed by atoms with van der Waals surface area (Å²) in [6.07, 6.45) is 9.57. The summed E-state index contributed by atoms with van der Waals surface area (Å²) in [6, 6.07) is 8.33. The number of hydrogen-bond donors (Lipinski definition) is 2. The number of pyridine rings is 1. The monoisotopic (exact) mass is 359 g/mol. The number of imidazole rings is 1. The molecule has 0 radical (unpaired) electrons. The zero-order chi connectivity index (χ0) is 18.4. The second kappa shape index (κ2) is 6.48. The van der Waals surface area contributed by atoms with Crippen LogP contribution in [0.3, 0.4) is 0 Å². The molecule has 1 aliphatic carbocycles. The van der Waals surface area contributed by atoms with Crippen LogP contribution < -0.4 is 4.90 Å². The van der Waals surface area contributed by atoms with Crippen LogP contribution in [0.5, 0.6) is 0 Å². The Morgan fingerprint density at radius 2 is 1.85 bits per heavy atom. The lowest BCUT2D eigenvalue weighted by molar-refractivity contribution is 0.417. The molecule has 5 nitrogen and oxygen atoms in total. The number of nitrogens with one attached hydrogen (secondary N) is 2. The lowest BCUT2D eigenvalue weighted by Gasteiger charge is -2.35. The highest BCUT2D eigenvalue weighted by molar-refractivity contribution is 5.95. The maximum atomic E-state index is 8.04. The first-order chi connectivity index (χ1) is 13.3. The normalized spacial score (nSPS) is 17.6. The Morgan fingerprint density at radius 3 is 2.63 bits per heavy atom. The third-order valence-corrected chi connectivity index (χ3v) is 6.34. The molecule has 3 heterocycles. The molecule has 1 saturated heterocycles. The number of benzene rings is 1. The second-order valence-electron chi connectivity index (χ2n) is 7.82. The number of fused-ring (bicyclic) bond motifs is 4. The Morgan fingerprint density at radius 1 is 1.07 bits per heavy atom. The molecule has 5 heteroatoms. The van der Waals surface area contributed by atoms with Gasteiger partial charge >= 0.3 is 0 Å². The van der Waals surface area contributed by atoms with Crippen LogP contribution in [-0.4, -0.2) is 34.9 Å². The van der Waals surface area contributed by atoms with Gasteiger partial charge in [-0.25, -0.2) is 4.98 Å². The predicted molar refractivity (Wildman–Crippen MR) is 111 cm³/mol. The van der Waals surface area contributed by atoms with Gasteiger partial charge < -0.3 is 15.7 Å². The van der Waals surface area contributed by atoms with Crippen molar-refractivity contribution in [3.8, 4) is 0 Å². The van der Waals surface area contributed by atoms with E-state index in [0.717, 1.165) is 67.4 Å². The maximum absolute atomic E-state index is 8.04. The molecule has 2 aliphatic rings. The van der Waals surface area contributed by atoms with Crippen molar-refractivity contribution >= 4 is 34.9 Å². The average molecular weight is 359 g/mol. The Hall–Kier alpha value is -2.69. The van der Waals surface area contributed by atoms with Gasteiger partial charge in [-0.15, -0.1) is 0 Å². The van der Waals surface area contributed by atoms with Crippen LogP contribution in [0, 0.1) is 16.7 Å². The van der Waals surface area contributed by atoms with E-state index in [-0.39, 0.29) is 0 Å². The maximum Gasteiger partial charge on any atom is 0.148 e. The first-order valence-electron chi connectivity index (χ1n) is 10.0. The van der Waals surface area contributed by atoms with Crippen molar-refractivity contribution in [3.63, 3.8) is 0 Å². The largest absolute Gasteiger partial charge is 0.357 e. The predicted octanol–water partition coefficient (Wildman–Crippen LogP) is 4.23. The molecule has 0 unspecified atom stereocenters. The number of rotatable bonds is 4. The van der Waals surface area contributed by atoms with Crippen molar-refractivity contribution in [2.45, 2.75) is 38.5 Å². The zero-order valence-corrected chi connectivity index (χ0v) is 15.5. The van der Waals surface area contributed by atoms with Crippen LogP contribution in [0.15, 0.2) is 24.3 Å². The summed E-state index contributed by atoms with van der Waals surface area (Å²) in [5, 5.41) is 15.4. The van der Waals surface area contributed by atoms with Gasteiger partial charge in [0.25, 0.3) is 0 Å². The molecule has 3 aromatic rings. The van der Waals surface area contributed by atoms with Gasteiger partial charge in [0.15, 0.2) is 0 Å². The smallest absolute Gasteiger partial charge is 0.148 e. The Labute approximate surface area is 159 Å². The SMILES string of the molecule is N=CCC1CCN(c2c3c(c(C=N)c4nc5ccccc5n24)CCC3)CC1. The summed E-state index contributed by atoms with van der Waals surface area (Å²) in [5.41, 5.74) is 6.84. The summed E-state index contributed by atoms with van der Waals surface area (Å²) >= 11 is 0. The molecule has 1 fully saturated rings. The fourth-order valence-corrected chi connectivity index (χ4v) is 5.01. The highest BCUT2D eigenvalue weighted by Crippen LogP contribution is 2.39. The Kier molecular flexibility index (Phi) is 3.96. The van der Waals surface area contributed by atoms with Crippen LogP contribution >= 0.6 is 0 Å². The zero-order valence-electron chi connectivity index (χ0n) is 15.5. The molecular weight excluding hydrogens is 334 g/mol. The van der Waals surface area contributed by atoms with E-state index in [9.17, 15) is 0 Å². The summed E-state index contributed by atoms with van der Waals surface area (Å²) in [7, 11) is 0. The minimum Gasteiger partial charge on any atom is -0.357 e. The van der Waals surface area contributed by atoms with Gasteiger partial charge in [-0.2, -0.15) is 0 Å². The van der Waals surface area contributed by atoms with Gasteiger partial charge in [0.2, 0.25) is 0 Å². The van der Waals surface area contributed by atoms with Crippen LogP contribution in [-0.2, 0) is 12.8 Å². The van der Waals surface area contributed by atoms with E-state index < -0.39 is 0 Å². The van der Waals surface area contributed by atoms with Crippen molar-refractivity contribution < 1.29 is 0 Å². The van der Waals surface area contributed by atoms with Gasteiger partial charge in [0, 0.05) is 24.9 Å². The van der Waals surface area contributed by atoms with Gasteiger partial charge in [-0.1, -0.05) is 12.1 Å². The lowest BCUT2D eigenvalue weighted by Crippen LogP contribution is -2.36. The van der Waals surface area contributed by atoms with E-state index in [2.05, 4.69) is 27.5 Å². The lowest BCUT2D eigenvalue weighted by atomic mass is 9.93. The molecule has 1 aliphatic heterocycles. The molecule has 2 aromatic heterocycles. The van der Waals surface area contributed by atoms with Crippen molar-refractivity contribution in [3.05, 3.63) is 41.0 Å². The molecule has 0 atom stereocenters. The summed E-state index contributed by atoms with van der Waals surface area (Å²) in [5.74, 6) is 1.95. The van der Waals surface area contributed by atoms with Gasteiger partial charge in [0.1, 0.15) is 11.5 Å². The quantitative estimate of drug-likeness (QED) is 0.685. The minimum absolute atomic E-state index is 0.641. The molecule has 0 bridgehead atoms. The first-order valence-corrected chi connectivity index (χ1v) is 10.0. The molecule has 0 saturated carbocycles. The van der Waals surface area contributed by atoms with Gasteiger partial charge in [-0.3, -0.25) is 4.40 Å². The van der Waals surface area contributed by atoms with Crippen molar-refractivity contribution in [1.29, 1.82) is 10.8 Å². The highest BCUT2D eigenvalue weighted by Gasteiger charge is 2.29. The average Bonchev–Trinajstić information content (AvgIpc) is 3.32. The van der Waals surface area contributed by atoms with Crippen molar-refractivity contribution in [1.82, 2.24) is 9.38 Å². The molecule has 1 aromatic carbocycles. The van der Waals surface area contributed by atoms with E-state index in [4.69, 9.17) is 15.8 Å². The van der Waals surface area contributed by atoms with Crippen LogP contribution in [0.4, 0.5) is 5.82 Å². The third-order valence-electron chi connectivity index (χ3n) is 6.34. The number of para-hydroxylation sites is 2. The Bertz CT molecular complexity index is 1040. The molecule has 0 amide bonds. The summed E-state index contributed by atoms with van der Waals surface area (Å²) in [4.78, 5) is 7.46. The molecule has 2 N–H and O–H groups in total. The number of anilines is 1. The van der Waals surface area contributed by atoms with Crippen molar-refractivity contribution in [2.24, 2.45) is 5.92 Å². The molecule has 138 valence electrons. The number of aromatic nitrogens is 2. The minimum atomic E-state index is 0.641. The van der Waals surface area contributed by atoms with E-state index >= 15 is 0 Å². The second-order valence-corrected chi connectivity index (χ2v) is 7.82. The van der Waals surface area contributed by atoms with E-state index in [1.54, 1.807) is 6.21 Å². The third kappa shape index (κ3) is 2.48. The van der Waals surface area contributed by atoms with Crippen LogP contribution in [0.1, 0.15) is 42.4 Å². The summed E-state index contributed by atoms with van der Waals surface area (Å²) in [6.45, 7) is 2.08. The topological polar surface area (TPSA) is 68.2 Å². The fraction of sp³-hybridized carbons (Fsp3) is 0.409. The first kappa shape index (κ1) is 16.5. The standard InChI is InChI=1S/C22H25N5/c23-11-8-15-9-12-26(13-10-15)22-17-5-3-4-16(17)18(14-24)21-25-19-6-1-2-7-20(19)27(21)22/h1-2,6-7,11,14-15,23-24H,3-5,8-10,12-13H2. The number of piperidine rings is 1. The Balaban J connectivity index is 1.74. The molecule has 5 rings (SSSR count).